The number of ether oxygens (including phenoxy) is 2. The maximum absolute atomic E-state index is 14.1. The molecule has 4 nitrogen and oxygen atoms in total. The molecule has 0 radical (unpaired) electrons. The number of fused-ring (bicyclic) bond motifs is 2. The summed E-state index contributed by atoms with van der Waals surface area (Å²) in [5, 5.41) is 0. The fraction of sp³-hybridized carbons (Fsp3) is 0.500. The molecule has 0 saturated carbocycles. The van der Waals surface area contributed by atoms with Crippen molar-refractivity contribution in [1.29, 1.82) is 0 Å². The van der Waals surface area contributed by atoms with Gasteiger partial charge in [0.05, 0.1) is 30.9 Å². The summed E-state index contributed by atoms with van der Waals surface area (Å²) in [6.07, 6.45) is 1.22. The highest BCUT2D eigenvalue weighted by Crippen LogP contribution is 2.36. The molecule has 2 bridgehead atoms. The fourth-order valence-electron chi connectivity index (χ4n) is 3.20. The number of halogens is 3. The molecule has 1 saturated heterocycles. The predicted molar refractivity (Wildman–Crippen MR) is 85.4 cm³/mol. The van der Waals surface area contributed by atoms with Gasteiger partial charge < -0.3 is 9.47 Å². The molecule has 0 spiro atoms. The topological polar surface area (TPSA) is 38.8 Å². The van der Waals surface area contributed by atoms with Crippen molar-refractivity contribution in [3.63, 3.8) is 0 Å². The Morgan fingerprint density at radius 2 is 1.88 bits per heavy atom. The highest BCUT2D eigenvalue weighted by Gasteiger charge is 2.41. The molecule has 1 aromatic carbocycles. The van der Waals surface area contributed by atoms with Gasteiger partial charge in [0, 0.05) is 0 Å². The van der Waals surface area contributed by atoms with Crippen LogP contribution in [-0.2, 0) is 9.47 Å². The van der Waals surface area contributed by atoms with E-state index in [0.29, 0.717) is 5.57 Å². The zero-order valence-corrected chi connectivity index (χ0v) is 14.3. The van der Waals surface area contributed by atoms with Crippen LogP contribution in [0.25, 0.3) is 5.57 Å². The van der Waals surface area contributed by atoms with E-state index in [2.05, 4.69) is 0 Å². The molecule has 0 N–H and O–H groups in total. The minimum absolute atomic E-state index is 0.160. The number of carbonyl (C=O) groups excluding carboxylic acids is 1. The van der Waals surface area contributed by atoms with Crippen LogP contribution in [0.3, 0.4) is 0 Å². The van der Waals surface area contributed by atoms with Crippen molar-refractivity contribution in [3.05, 3.63) is 41.2 Å². The maximum Gasteiger partial charge on any atom is 0.411 e. The first-order valence-electron chi connectivity index (χ1n) is 8.11. The number of rotatable bonds is 1. The summed E-state index contributed by atoms with van der Waals surface area (Å²) < 4.78 is 52.6. The number of benzene rings is 1. The van der Waals surface area contributed by atoms with Gasteiger partial charge in [-0.05, 0) is 44.9 Å². The Hall–Kier alpha value is -2.02. The third-order valence-corrected chi connectivity index (χ3v) is 4.17. The second-order valence-electron chi connectivity index (χ2n) is 7.26. The third kappa shape index (κ3) is 3.51. The van der Waals surface area contributed by atoms with Crippen LogP contribution in [0.1, 0.15) is 32.8 Å². The molecule has 0 aromatic heterocycles. The summed E-state index contributed by atoms with van der Waals surface area (Å²) in [6, 6.07) is 0.727. The van der Waals surface area contributed by atoms with Gasteiger partial charge in [-0.3, -0.25) is 4.90 Å². The molecule has 136 valence electrons. The molecular formula is C18H20F3NO3. The molecule has 1 aromatic rings. The molecule has 2 heterocycles. The minimum Gasteiger partial charge on any atom is -0.444 e. The van der Waals surface area contributed by atoms with E-state index in [-0.39, 0.29) is 25.2 Å². The Labute approximate surface area is 144 Å². The number of amides is 1. The molecule has 2 atom stereocenters. The third-order valence-electron chi connectivity index (χ3n) is 4.17. The van der Waals surface area contributed by atoms with Gasteiger partial charge in [0.25, 0.3) is 0 Å². The molecule has 25 heavy (non-hydrogen) atoms. The zero-order chi connectivity index (χ0) is 18.4. The molecule has 3 rings (SSSR count). The maximum atomic E-state index is 14.1. The molecule has 0 aliphatic carbocycles. The summed E-state index contributed by atoms with van der Waals surface area (Å²) >= 11 is 0. The highest BCUT2D eigenvalue weighted by molar-refractivity contribution is 5.75. The first kappa shape index (κ1) is 17.8. The first-order valence-corrected chi connectivity index (χ1v) is 8.11. The number of hydrogen-bond donors (Lipinski definition) is 0. The SMILES string of the molecule is CC(C)(C)OC(=O)N1C2C=C(c3c(F)ccc(F)c3F)CC1COC2. The van der Waals surface area contributed by atoms with Crippen LogP contribution in [0, 0.1) is 17.5 Å². The lowest BCUT2D eigenvalue weighted by Crippen LogP contribution is -2.57. The zero-order valence-electron chi connectivity index (χ0n) is 14.3. The number of carbonyl (C=O) groups is 1. The molecule has 7 heteroatoms. The first-order chi connectivity index (χ1) is 11.7. The predicted octanol–water partition coefficient (Wildman–Crippen LogP) is 3.90. The molecular weight excluding hydrogens is 335 g/mol. The quantitative estimate of drug-likeness (QED) is 0.718. The van der Waals surface area contributed by atoms with Gasteiger partial charge in [0.2, 0.25) is 0 Å². The number of morpholine rings is 1. The van der Waals surface area contributed by atoms with E-state index in [0.717, 1.165) is 12.1 Å². The van der Waals surface area contributed by atoms with E-state index in [1.54, 1.807) is 26.8 Å². The highest BCUT2D eigenvalue weighted by atomic mass is 19.2. The lowest BCUT2D eigenvalue weighted by molar-refractivity contribution is -0.0511. The van der Waals surface area contributed by atoms with Gasteiger partial charge in [0.15, 0.2) is 11.6 Å². The van der Waals surface area contributed by atoms with E-state index < -0.39 is 41.2 Å². The number of nitrogens with zero attached hydrogens (tertiary/aromatic N) is 1. The smallest absolute Gasteiger partial charge is 0.411 e. The van der Waals surface area contributed by atoms with Crippen molar-refractivity contribution in [2.45, 2.75) is 44.9 Å². The van der Waals surface area contributed by atoms with Crippen LogP contribution < -0.4 is 0 Å². The van der Waals surface area contributed by atoms with Crippen molar-refractivity contribution >= 4 is 11.7 Å². The van der Waals surface area contributed by atoms with Crippen LogP contribution in [0.5, 0.6) is 0 Å². The molecule has 2 aliphatic heterocycles. The van der Waals surface area contributed by atoms with Crippen molar-refractivity contribution in [3.8, 4) is 0 Å². The van der Waals surface area contributed by atoms with Gasteiger partial charge in [-0.2, -0.15) is 0 Å². The lowest BCUT2D eigenvalue weighted by Gasteiger charge is -2.44. The second-order valence-corrected chi connectivity index (χ2v) is 7.26. The van der Waals surface area contributed by atoms with Gasteiger partial charge in [-0.15, -0.1) is 0 Å². The largest absolute Gasteiger partial charge is 0.444 e. The van der Waals surface area contributed by atoms with E-state index in [9.17, 15) is 18.0 Å². The summed E-state index contributed by atoms with van der Waals surface area (Å²) in [6.45, 7) is 5.71. The van der Waals surface area contributed by atoms with E-state index in [4.69, 9.17) is 9.47 Å². The van der Waals surface area contributed by atoms with Crippen molar-refractivity contribution in [1.82, 2.24) is 4.90 Å². The molecule has 1 amide bonds. The summed E-state index contributed by atoms with van der Waals surface area (Å²) in [4.78, 5) is 14.0. The fourth-order valence-corrected chi connectivity index (χ4v) is 3.20. The Balaban J connectivity index is 1.95. The standard InChI is InChI=1S/C18H20F3NO3/c1-18(2,3)25-17(23)22-11-6-10(7-12(22)9-24-8-11)15-13(19)4-5-14(20)16(15)21/h4-6,11-12H,7-9H2,1-3H3. The van der Waals surface area contributed by atoms with Crippen LogP contribution >= 0.6 is 0 Å². The Kier molecular flexibility index (Phi) is 4.53. The average molecular weight is 355 g/mol. The normalized spacial score (nSPS) is 23.3. The van der Waals surface area contributed by atoms with Crippen LogP contribution in [0.2, 0.25) is 0 Å². The molecule has 2 aliphatic rings. The Bertz CT molecular complexity index is 727. The Morgan fingerprint density at radius 3 is 2.52 bits per heavy atom. The van der Waals surface area contributed by atoms with Crippen molar-refractivity contribution in [2.24, 2.45) is 0 Å². The second kappa shape index (κ2) is 6.37. The van der Waals surface area contributed by atoms with E-state index in [1.165, 1.54) is 4.90 Å². The average Bonchev–Trinajstić information content (AvgIpc) is 2.48. The van der Waals surface area contributed by atoms with Gasteiger partial charge in [-0.1, -0.05) is 6.08 Å². The minimum atomic E-state index is -1.21. The van der Waals surface area contributed by atoms with Gasteiger partial charge in [0.1, 0.15) is 11.4 Å². The Morgan fingerprint density at radius 1 is 1.20 bits per heavy atom. The molecule has 1 fully saturated rings. The van der Waals surface area contributed by atoms with Crippen molar-refractivity contribution < 1.29 is 27.4 Å². The van der Waals surface area contributed by atoms with E-state index >= 15 is 0 Å². The number of hydrogen-bond acceptors (Lipinski definition) is 3. The van der Waals surface area contributed by atoms with Gasteiger partial charge >= 0.3 is 6.09 Å². The lowest BCUT2D eigenvalue weighted by atomic mass is 9.89. The van der Waals surface area contributed by atoms with Crippen LogP contribution in [-0.4, -0.2) is 41.9 Å². The monoisotopic (exact) mass is 355 g/mol. The van der Waals surface area contributed by atoms with Crippen molar-refractivity contribution in [2.75, 3.05) is 13.2 Å². The summed E-state index contributed by atoms with van der Waals surface area (Å²) in [5.41, 5.74) is -0.690. The van der Waals surface area contributed by atoms with Gasteiger partial charge in [-0.25, -0.2) is 18.0 Å². The summed E-state index contributed by atoms with van der Waals surface area (Å²) in [5.74, 6) is -3.14. The molecule has 2 unspecified atom stereocenters. The summed E-state index contributed by atoms with van der Waals surface area (Å²) in [7, 11) is 0. The van der Waals surface area contributed by atoms with E-state index in [1.807, 2.05) is 0 Å². The van der Waals surface area contributed by atoms with Crippen LogP contribution in [0.15, 0.2) is 18.2 Å². The van der Waals surface area contributed by atoms with Crippen LogP contribution in [0.4, 0.5) is 18.0 Å².